The van der Waals surface area contributed by atoms with E-state index in [1.807, 2.05) is 0 Å². The standard InChI is InChI=1S/C15H10O4/c16-10-3-1-9(2-4-10)7-14-15(18)12-6-5-11(17)8-13(12)19-14/h1-8,16-17H/b14-7-. The maximum atomic E-state index is 12.1. The predicted octanol–water partition coefficient (Wildman–Crippen LogP) is 2.71. The van der Waals surface area contributed by atoms with E-state index in [0.717, 1.165) is 5.56 Å². The summed E-state index contributed by atoms with van der Waals surface area (Å²) in [6, 6.07) is 10.8. The molecule has 0 bridgehead atoms. The van der Waals surface area contributed by atoms with Crippen LogP contribution in [-0.4, -0.2) is 16.0 Å². The molecule has 2 aromatic carbocycles. The second-order valence-corrected chi connectivity index (χ2v) is 4.21. The van der Waals surface area contributed by atoms with Gasteiger partial charge in [-0.25, -0.2) is 0 Å². The van der Waals surface area contributed by atoms with Gasteiger partial charge in [0.25, 0.3) is 0 Å². The zero-order valence-electron chi connectivity index (χ0n) is 9.83. The van der Waals surface area contributed by atoms with Crippen LogP contribution in [0.1, 0.15) is 15.9 Å². The zero-order valence-corrected chi connectivity index (χ0v) is 9.83. The van der Waals surface area contributed by atoms with Crippen LogP contribution in [-0.2, 0) is 0 Å². The smallest absolute Gasteiger partial charge is 0.231 e. The van der Waals surface area contributed by atoms with Gasteiger partial charge in [0.05, 0.1) is 5.56 Å². The van der Waals surface area contributed by atoms with Crippen molar-refractivity contribution in [3.05, 3.63) is 59.4 Å². The number of carbonyl (C=O) groups is 1. The fourth-order valence-electron chi connectivity index (χ4n) is 1.90. The Labute approximate surface area is 109 Å². The number of rotatable bonds is 1. The Morgan fingerprint density at radius 2 is 1.63 bits per heavy atom. The number of benzene rings is 2. The highest BCUT2D eigenvalue weighted by atomic mass is 16.5. The lowest BCUT2D eigenvalue weighted by atomic mass is 10.1. The van der Waals surface area contributed by atoms with Crippen molar-refractivity contribution in [2.24, 2.45) is 0 Å². The average Bonchev–Trinajstić information content (AvgIpc) is 2.68. The molecule has 0 aliphatic carbocycles. The van der Waals surface area contributed by atoms with Crippen molar-refractivity contribution < 1.29 is 19.7 Å². The molecule has 0 radical (unpaired) electrons. The molecule has 19 heavy (non-hydrogen) atoms. The highest BCUT2D eigenvalue weighted by molar-refractivity contribution is 6.14. The first-order chi connectivity index (χ1) is 9.13. The highest BCUT2D eigenvalue weighted by Gasteiger charge is 2.27. The van der Waals surface area contributed by atoms with Crippen LogP contribution in [0.2, 0.25) is 0 Å². The fraction of sp³-hybridized carbons (Fsp3) is 0. The van der Waals surface area contributed by atoms with Crippen molar-refractivity contribution in [1.29, 1.82) is 0 Å². The number of hydrogen-bond acceptors (Lipinski definition) is 4. The number of allylic oxidation sites excluding steroid dienone is 1. The number of phenols is 2. The first-order valence-electron chi connectivity index (χ1n) is 5.70. The quantitative estimate of drug-likeness (QED) is 0.768. The van der Waals surface area contributed by atoms with E-state index < -0.39 is 0 Å². The van der Waals surface area contributed by atoms with Crippen LogP contribution in [0.4, 0.5) is 0 Å². The summed E-state index contributed by atoms with van der Waals surface area (Å²) < 4.78 is 5.42. The van der Waals surface area contributed by atoms with Crippen LogP contribution in [0.5, 0.6) is 17.2 Å². The summed E-state index contributed by atoms with van der Waals surface area (Å²) in [4.78, 5) is 12.1. The number of phenolic OH excluding ortho intramolecular Hbond substituents is 2. The average molecular weight is 254 g/mol. The number of carbonyl (C=O) groups excluding carboxylic acids is 1. The molecular formula is C15H10O4. The Morgan fingerprint density at radius 1 is 0.947 bits per heavy atom. The van der Waals surface area contributed by atoms with Crippen LogP contribution in [0.15, 0.2) is 48.2 Å². The number of ether oxygens (including phenoxy) is 1. The second-order valence-electron chi connectivity index (χ2n) is 4.21. The van der Waals surface area contributed by atoms with Gasteiger partial charge in [0, 0.05) is 6.07 Å². The predicted molar refractivity (Wildman–Crippen MR) is 69.1 cm³/mol. The van der Waals surface area contributed by atoms with Crippen LogP contribution >= 0.6 is 0 Å². The minimum Gasteiger partial charge on any atom is -0.508 e. The Bertz CT molecular complexity index is 684. The number of Topliss-reactive ketones (excluding diaryl/α,β-unsaturated/α-hetero) is 1. The van der Waals surface area contributed by atoms with Crippen LogP contribution in [0, 0.1) is 0 Å². The Kier molecular flexibility index (Phi) is 2.49. The molecule has 4 nitrogen and oxygen atoms in total. The molecule has 3 rings (SSSR count). The molecule has 0 saturated carbocycles. The third-order valence-electron chi connectivity index (χ3n) is 2.84. The maximum Gasteiger partial charge on any atom is 0.231 e. The highest BCUT2D eigenvalue weighted by Crippen LogP contribution is 2.34. The molecule has 0 amide bonds. The molecule has 0 aromatic heterocycles. The summed E-state index contributed by atoms with van der Waals surface area (Å²) in [5.41, 5.74) is 1.18. The monoisotopic (exact) mass is 254 g/mol. The molecule has 94 valence electrons. The lowest BCUT2D eigenvalue weighted by molar-refractivity contribution is 0.101. The lowest BCUT2D eigenvalue weighted by Gasteiger charge is -1.99. The van der Waals surface area contributed by atoms with Crippen molar-refractivity contribution in [3.8, 4) is 17.2 Å². The summed E-state index contributed by atoms with van der Waals surface area (Å²) in [6.45, 7) is 0. The largest absolute Gasteiger partial charge is 0.508 e. The zero-order chi connectivity index (χ0) is 13.4. The molecule has 2 N–H and O–H groups in total. The Balaban J connectivity index is 1.97. The van der Waals surface area contributed by atoms with Gasteiger partial charge in [-0.05, 0) is 35.9 Å². The number of hydrogen-bond donors (Lipinski definition) is 2. The third-order valence-corrected chi connectivity index (χ3v) is 2.84. The van der Waals surface area contributed by atoms with Gasteiger partial charge >= 0.3 is 0 Å². The molecule has 1 aliphatic heterocycles. The lowest BCUT2D eigenvalue weighted by Crippen LogP contribution is -1.97. The molecule has 0 fully saturated rings. The summed E-state index contributed by atoms with van der Waals surface area (Å²) in [7, 11) is 0. The van der Waals surface area contributed by atoms with Gasteiger partial charge in [-0.15, -0.1) is 0 Å². The van der Waals surface area contributed by atoms with Crippen LogP contribution in [0.25, 0.3) is 6.08 Å². The normalized spacial score (nSPS) is 15.4. The van der Waals surface area contributed by atoms with Gasteiger partial charge in [-0.2, -0.15) is 0 Å². The van der Waals surface area contributed by atoms with E-state index in [2.05, 4.69) is 0 Å². The van der Waals surface area contributed by atoms with Crippen molar-refractivity contribution in [2.75, 3.05) is 0 Å². The van der Waals surface area contributed by atoms with E-state index in [1.54, 1.807) is 18.2 Å². The molecule has 4 heteroatoms. The second kappa shape index (κ2) is 4.17. The van der Waals surface area contributed by atoms with E-state index in [4.69, 9.17) is 4.74 Å². The Morgan fingerprint density at radius 3 is 2.37 bits per heavy atom. The topological polar surface area (TPSA) is 66.8 Å². The molecular weight excluding hydrogens is 244 g/mol. The Hall–Kier alpha value is -2.75. The van der Waals surface area contributed by atoms with Crippen molar-refractivity contribution in [1.82, 2.24) is 0 Å². The third kappa shape index (κ3) is 2.04. The van der Waals surface area contributed by atoms with E-state index in [1.165, 1.54) is 30.3 Å². The summed E-state index contributed by atoms with van der Waals surface area (Å²) >= 11 is 0. The van der Waals surface area contributed by atoms with Gasteiger partial charge in [-0.3, -0.25) is 4.79 Å². The van der Waals surface area contributed by atoms with Crippen LogP contribution in [0.3, 0.4) is 0 Å². The van der Waals surface area contributed by atoms with E-state index in [9.17, 15) is 15.0 Å². The van der Waals surface area contributed by atoms with Gasteiger partial charge in [-0.1, -0.05) is 12.1 Å². The minimum absolute atomic E-state index is 0.0532. The first-order valence-corrected chi connectivity index (χ1v) is 5.70. The molecule has 1 aliphatic rings. The molecule has 1 heterocycles. The van der Waals surface area contributed by atoms with Crippen molar-refractivity contribution in [3.63, 3.8) is 0 Å². The number of fused-ring (bicyclic) bond motifs is 1. The maximum absolute atomic E-state index is 12.1. The summed E-state index contributed by atoms with van der Waals surface area (Å²) in [5, 5.41) is 18.5. The minimum atomic E-state index is -0.219. The SMILES string of the molecule is O=C1/C(=C/c2ccc(O)cc2)Oc2cc(O)ccc21. The van der Waals surface area contributed by atoms with Gasteiger partial charge < -0.3 is 14.9 Å². The molecule has 2 aromatic rings. The molecule has 0 spiro atoms. The fourth-order valence-corrected chi connectivity index (χ4v) is 1.90. The van der Waals surface area contributed by atoms with Gasteiger partial charge in [0.15, 0.2) is 5.76 Å². The van der Waals surface area contributed by atoms with E-state index in [0.29, 0.717) is 11.3 Å². The van der Waals surface area contributed by atoms with Crippen LogP contribution < -0.4 is 4.74 Å². The number of ketones is 1. The molecule has 0 saturated heterocycles. The van der Waals surface area contributed by atoms with Crippen molar-refractivity contribution in [2.45, 2.75) is 0 Å². The van der Waals surface area contributed by atoms with Gasteiger partial charge in [0.2, 0.25) is 5.78 Å². The van der Waals surface area contributed by atoms with E-state index >= 15 is 0 Å². The van der Waals surface area contributed by atoms with Crippen molar-refractivity contribution >= 4 is 11.9 Å². The van der Waals surface area contributed by atoms with E-state index in [-0.39, 0.29) is 23.0 Å². The summed E-state index contributed by atoms with van der Waals surface area (Å²) in [6.07, 6.45) is 1.60. The van der Waals surface area contributed by atoms with Gasteiger partial charge in [0.1, 0.15) is 17.2 Å². The number of aromatic hydroxyl groups is 2. The first kappa shape index (κ1) is 11.3. The summed E-state index contributed by atoms with van der Waals surface area (Å²) in [5.74, 6) is 0.552. The molecule has 0 unspecified atom stereocenters. The molecule has 0 atom stereocenters.